The van der Waals surface area contributed by atoms with E-state index in [1.54, 1.807) is 23.9 Å². The van der Waals surface area contributed by atoms with E-state index in [0.29, 0.717) is 5.88 Å². The summed E-state index contributed by atoms with van der Waals surface area (Å²) in [5.41, 5.74) is 1.46. The Balaban J connectivity index is 2.44. The van der Waals surface area contributed by atoms with E-state index in [0.717, 1.165) is 11.3 Å². The summed E-state index contributed by atoms with van der Waals surface area (Å²) in [6.07, 6.45) is 3.29. The number of aliphatic hydroxyl groups is 1. The summed E-state index contributed by atoms with van der Waals surface area (Å²) >= 11 is 11.8. The average Bonchev–Trinajstić information content (AvgIpc) is 2.68. The minimum atomic E-state index is -0.123. The molecule has 2 aromatic rings. The molecule has 0 saturated heterocycles. The summed E-state index contributed by atoms with van der Waals surface area (Å²) in [4.78, 5) is 0. The summed E-state index contributed by atoms with van der Waals surface area (Å²) in [5, 5.41) is 23.2. The number of phenols is 1. The molecule has 1 aromatic heterocycles. The second-order valence-corrected chi connectivity index (χ2v) is 5.16. The van der Waals surface area contributed by atoms with Crippen LogP contribution in [0.3, 0.4) is 0 Å². The largest absolute Gasteiger partial charge is 0.506 e. The van der Waals surface area contributed by atoms with Crippen LogP contribution in [0.2, 0.25) is 10.0 Å². The zero-order valence-electron chi connectivity index (χ0n) is 11.5. The minimum absolute atomic E-state index is 0.0870. The lowest BCUT2D eigenvalue weighted by molar-refractivity contribution is 0.343. The van der Waals surface area contributed by atoms with Crippen LogP contribution < -0.4 is 4.74 Å². The third-order valence-corrected chi connectivity index (χ3v) is 3.41. The Morgan fingerprint density at radius 2 is 2.05 bits per heavy atom. The van der Waals surface area contributed by atoms with E-state index in [1.165, 1.54) is 12.1 Å². The van der Waals surface area contributed by atoms with Gasteiger partial charge in [0, 0.05) is 13.1 Å². The first-order valence-electron chi connectivity index (χ1n) is 6.11. The van der Waals surface area contributed by atoms with Crippen LogP contribution in [0.5, 0.6) is 17.4 Å². The number of aliphatic hydroxyl groups excluding tert-OH is 1. The fourth-order valence-corrected chi connectivity index (χ4v) is 2.26. The summed E-state index contributed by atoms with van der Waals surface area (Å²) in [6.45, 7) is 1.74. The zero-order chi connectivity index (χ0) is 15.6. The standard InChI is InChI=1S/C14H14Cl2N2O3/c1-8-9(4-3-5-19)14(18(2)17-8)21-13-7-12(20)10(15)6-11(13)16/h3-4,6-7,19-20H,5H2,1-2H3. The Morgan fingerprint density at radius 1 is 1.33 bits per heavy atom. The Labute approximate surface area is 132 Å². The first-order valence-corrected chi connectivity index (χ1v) is 6.86. The van der Waals surface area contributed by atoms with Crippen LogP contribution in [0.1, 0.15) is 11.3 Å². The molecule has 2 N–H and O–H groups in total. The highest BCUT2D eigenvalue weighted by Gasteiger charge is 2.16. The van der Waals surface area contributed by atoms with E-state index >= 15 is 0 Å². The summed E-state index contributed by atoms with van der Waals surface area (Å²) in [7, 11) is 1.72. The monoisotopic (exact) mass is 328 g/mol. The van der Waals surface area contributed by atoms with E-state index < -0.39 is 0 Å². The van der Waals surface area contributed by atoms with Gasteiger partial charge in [0.1, 0.15) is 5.75 Å². The van der Waals surface area contributed by atoms with Crippen molar-refractivity contribution < 1.29 is 14.9 Å². The zero-order valence-corrected chi connectivity index (χ0v) is 13.0. The van der Waals surface area contributed by atoms with E-state index in [9.17, 15) is 5.11 Å². The Hall–Kier alpha value is -1.69. The highest BCUT2D eigenvalue weighted by molar-refractivity contribution is 6.36. The molecule has 0 aliphatic carbocycles. The topological polar surface area (TPSA) is 67.5 Å². The fraction of sp³-hybridized carbons (Fsp3) is 0.214. The summed E-state index contributed by atoms with van der Waals surface area (Å²) < 4.78 is 7.29. The van der Waals surface area contributed by atoms with Crippen molar-refractivity contribution in [2.75, 3.05) is 6.61 Å². The second-order valence-electron chi connectivity index (χ2n) is 4.35. The van der Waals surface area contributed by atoms with Gasteiger partial charge in [0.05, 0.1) is 27.9 Å². The lowest BCUT2D eigenvalue weighted by Crippen LogP contribution is -1.96. The molecule has 0 unspecified atom stereocenters. The van der Waals surface area contributed by atoms with Crippen LogP contribution in [0.4, 0.5) is 0 Å². The van der Waals surface area contributed by atoms with Gasteiger partial charge in [-0.25, -0.2) is 4.68 Å². The van der Waals surface area contributed by atoms with E-state index in [4.69, 9.17) is 33.0 Å². The van der Waals surface area contributed by atoms with Crippen molar-refractivity contribution >= 4 is 29.3 Å². The van der Waals surface area contributed by atoms with Crippen molar-refractivity contribution in [3.8, 4) is 17.4 Å². The molecule has 2 rings (SSSR count). The number of rotatable bonds is 4. The summed E-state index contributed by atoms with van der Waals surface area (Å²) in [5.74, 6) is 0.587. The van der Waals surface area contributed by atoms with Gasteiger partial charge in [-0.05, 0) is 19.1 Å². The highest BCUT2D eigenvalue weighted by Crippen LogP contribution is 2.38. The fourth-order valence-electron chi connectivity index (χ4n) is 1.84. The Bertz CT molecular complexity index is 696. The van der Waals surface area contributed by atoms with Crippen LogP contribution in [-0.2, 0) is 7.05 Å². The molecular formula is C14H14Cl2N2O3. The van der Waals surface area contributed by atoms with E-state index in [-0.39, 0.29) is 28.2 Å². The van der Waals surface area contributed by atoms with Gasteiger partial charge < -0.3 is 14.9 Å². The molecule has 0 saturated carbocycles. The molecule has 21 heavy (non-hydrogen) atoms. The van der Waals surface area contributed by atoms with Gasteiger partial charge in [0.15, 0.2) is 5.75 Å². The molecule has 1 aromatic carbocycles. The number of aryl methyl sites for hydroxylation is 2. The van der Waals surface area contributed by atoms with Crippen molar-refractivity contribution in [1.82, 2.24) is 9.78 Å². The number of hydrogen-bond donors (Lipinski definition) is 2. The van der Waals surface area contributed by atoms with Crippen LogP contribution in [0.15, 0.2) is 18.2 Å². The smallest absolute Gasteiger partial charge is 0.225 e. The molecule has 5 nitrogen and oxygen atoms in total. The Morgan fingerprint density at radius 3 is 2.71 bits per heavy atom. The average molecular weight is 329 g/mol. The molecule has 0 fully saturated rings. The molecule has 112 valence electrons. The third kappa shape index (κ3) is 3.32. The van der Waals surface area contributed by atoms with Crippen molar-refractivity contribution in [1.29, 1.82) is 0 Å². The predicted molar refractivity (Wildman–Crippen MR) is 82.3 cm³/mol. The quantitative estimate of drug-likeness (QED) is 0.900. The number of nitrogens with zero attached hydrogens (tertiary/aromatic N) is 2. The van der Waals surface area contributed by atoms with Gasteiger partial charge in [-0.2, -0.15) is 5.10 Å². The van der Waals surface area contributed by atoms with E-state index in [1.807, 2.05) is 6.92 Å². The van der Waals surface area contributed by atoms with Gasteiger partial charge in [0.2, 0.25) is 5.88 Å². The number of aromatic hydroxyl groups is 1. The van der Waals surface area contributed by atoms with Gasteiger partial charge in [-0.15, -0.1) is 0 Å². The molecule has 0 spiro atoms. The van der Waals surface area contributed by atoms with Gasteiger partial charge in [-0.3, -0.25) is 0 Å². The van der Waals surface area contributed by atoms with Crippen LogP contribution in [0.25, 0.3) is 6.08 Å². The molecular weight excluding hydrogens is 315 g/mol. The van der Waals surface area contributed by atoms with Crippen molar-refractivity contribution in [3.05, 3.63) is 39.5 Å². The molecule has 0 amide bonds. The number of aromatic nitrogens is 2. The summed E-state index contributed by atoms with van der Waals surface area (Å²) in [6, 6.07) is 2.74. The molecule has 7 heteroatoms. The number of halogens is 2. The third-order valence-electron chi connectivity index (χ3n) is 2.81. The molecule has 0 aliphatic heterocycles. The maximum absolute atomic E-state index is 9.65. The maximum Gasteiger partial charge on any atom is 0.225 e. The molecule has 0 atom stereocenters. The van der Waals surface area contributed by atoms with Crippen molar-refractivity contribution in [3.63, 3.8) is 0 Å². The molecule has 0 aliphatic rings. The molecule has 0 bridgehead atoms. The predicted octanol–water partition coefficient (Wildman–Crippen LogP) is 3.54. The number of hydrogen-bond acceptors (Lipinski definition) is 4. The lowest BCUT2D eigenvalue weighted by atomic mass is 10.2. The number of ether oxygens (including phenoxy) is 1. The second kappa shape index (κ2) is 6.39. The highest BCUT2D eigenvalue weighted by atomic mass is 35.5. The van der Waals surface area contributed by atoms with Gasteiger partial charge in [0.25, 0.3) is 0 Å². The first kappa shape index (κ1) is 15.7. The lowest BCUT2D eigenvalue weighted by Gasteiger charge is -2.10. The van der Waals surface area contributed by atoms with E-state index in [2.05, 4.69) is 5.10 Å². The van der Waals surface area contributed by atoms with Gasteiger partial charge >= 0.3 is 0 Å². The first-order chi connectivity index (χ1) is 9.93. The number of benzene rings is 1. The molecule has 1 heterocycles. The van der Waals surface area contributed by atoms with Crippen LogP contribution in [-0.4, -0.2) is 26.6 Å². The molecule has 0 radical (unpaired) electrons. The normalized spacial score (nSPS) is 11.3. The Kier molecular flexibility index (Phi) is 4.77. The van der Waals surface area contributed by atoms with Crippen LogP contribution in [0, 0.1) is 6.92 Å². The van der Waals surface area contributed by atoms with Crippen molar-refractivity contribution in [2.45, 2.75) is 6.92 Å². The van der Waals surface area contributed by atoms with Crippen molar-refractivity contribution in [2.24, 2.45) is 7.05 Å². The van der Waals surface area contributed by atoms with Crippen LogP contribution >= 0.6 is 23.2 Å². The van der Waals surface area contributed by atoms with Gasteiger partial charge in [-0.1, -0.05) is 29.3 Å². The minimum Gasteiger partial charge on any atom is -0.506 e. The number of phenolic OH excluding ortho intramolecular Hbond substituents is 1. The SMILES string of the molecule is Cc1nn(C)c(Oc2cc(O)c(Cl)cc2Cl)c1C=CCO. The maximum atomic E-state index is 9.65.